The second-order valence-electron chi connectivity index (χ2n) is 5.73. The molecule has 2 aliphatic heterocycles. The number of unbranched alkanes of at least 4 members (excludes halogenated alkanes) is 1. The van der Waals surface area contributed by atoms with Crippen molar-refractivity contribution in [2.24, 2.45) is 0 Å². The van der Waals surface area contributed by atoms with Gasteiger partial charge in [-0.1, -0.05) is 6.42 Å². The van der Waals surface area contributed by atoms with Crippen LogP contribution >= 0.6 is 11.8 Å². The standard InChI is InChI=1S/C10H16N2O3S.C6H4O2/c13-8(14)4-2-1-3-7-9-6(5-16-7)11-10(15)12-9;7-5-1-2-6(8)4-3-5/h6-7,9H,1-5H2,(H,13,14)(H2,11,12,15);1-4H/t6-,7-,9-;/m0./s1. The lowest BCUT2D eigenvalue weighted by Gasteiger charge is -2.16. The Morgan fingerprint density at radius 2 is 1.71 bits per heavy atom. The van der Waals surface area contributed by atoms with Crippen LogP contribution in [0.5, 0.6) is 0 Å². The fraction of sp³-hybridized carbons (Fsp3) is 0.500. The van der Waals surface area contributed by atoms with Crippen molar-refractivity contribution in [3.63, 3.8) is 0 Å². The molecule has 3 atom stereocenters. The molecule has 0 saturated carbocycles. The van der Waals surface area contributed by atoms with E-state index in [9.17, 15) is 19.2 Å². The van der Waals surface area contributed by atoms with E-state index in [4.69, 9.17) is 5.11 Å². The topological polar surface area (TPSA) is 113 Å². The van der Waals surface area contributed by atoms with E-state index < -0.39 is 5.97 Å². The Morgan fingerprint density at radius 1 is 1.08 bits per heavy atom. The molecule has 3 aliphatic rings. The zero-order chi connectivity index (χ0) is 17.5. The number of carboxylic acid groups (broad SMARTS) is 1. The van der Waals surface area contributed by atoms with Crippen LogP contribution in [0.4, 0.5) is 4.79 Å². The predicted octanol–water partition coefficient (Wildman–Crippen LogP) is 1.05. The summed E-state index contributed by atoms with van der Waals surface area (Å²) in [4.78, 5) is 42.0. The maximum absolute atomic E-state index is 11.1. The van der Waals surface area contributed by atoms with E-state index in [0.717, 1.165) is 25.0 Å². The van der Waals surface area contributed by atoms with Gasteiger partial charge in [0.25, 0.3) is 0 Å². The number of fused-ring (bicyclic) bond motifs is 1. The molecule has 0 aromatic carbocycles. The van der Waals surface area contributed by atoms with E-state index in [1.54, 1.807) is 0 Å². The van der Waals surface area contributed by atoms with Crippen molar-refractivity contribution in [2.45, 2.75) is 43.0 Å². The fourth-order valence-electron chi connectivity index (χ4n) is 2.70. The Kier molecular flexibility index (Phi) is 6.60. The first-order valence-electron chi connectivity index (χ1n) is 7.80. The molecule has 2 amide bonds. The number of carbonyl (C=O) groups is 4. The molecule has 0 unspecified atom stereocenters. The summed E-state index contributed by atoms with van der Waals surface area (Å²) in [6.45, 7) is 0. The molecule has 2 saturated heterocycles. The van der Waals surface area contributed by atoms with Crippen molar-refractivity contribution in [3.8, 4) is 0 Å². The highest BCUT2D eigenvalue weighted by atomic mass is 32.2. The highest BCUT2D eigenvalue weighted by molar-refractivity contribution is 8.00. The van der Waals surface area contributed by atoms with Crippen LogP contribution in [0.25, 0.3) is 0 Å². The Bertz CT molecular complexity index is 549. The number of thioether (sulfide) groups is 1. The van der Waals surface area contributed by atoms with Crippen LogP contribution in [0.3, 0.4) is 0 Å². The van der Waals surface area contributed by atoms with Gasteiger partial charge in [0.05, 0.1) is 12.1 Å². The molecular weight excluding hydrogens is 332 g/mol. The summed E-state index contributed by atoms with van der Waals surface area (Å²) in [6.07, 6.45) is 7.89. The lowest BCUT2D eigenvalue weighted by molar-refractivity contribution is -0.137. The number of aliphatic carboxylic acids is 1. The number of hydrogen-bond donors (Lipinski definition) is 3. The van der Waals surface area contributed by atoms with E-state index >= 15 is 0 Å². The van der Waals surface area contributed by atoms with E-state index in [1.165, 1.54) is 24.3 Å². The molecule has 0 aromatic rings. The first-order valence-corrected chi connectivity index (χ1v) is 8.85. The minimum absolute atomic E-state index is 0.0640. The van der Waals surface area contributed by atoms with Gasteiger partial charge in [-0.15, -0.1) is 0 Å². The third-order valence-corrected chi connectivity index (χ3v) is 5.40. The van der Waals surface area contributed by atoms with Crippen LogP contribution in [-0.2, 0) is 14.4 Å². The highest BCUT2D eigenvalue weighted by Gasteiger charge is 2.42. The zero-order valence-electron chi connectivity index (χ0n) is 13.1. The van der Waals surface area contributed by atoms with Gasteiger partial charge in [0, 0.05) is 17.4 Å². The molecule has 7 nitrogen and oxygen atoms in total. The highest BCUT2D eigenvalue weighted by Crippen LogP contribution is 2.33. The van der Waals surface area contributed by atoms with Crippen LogP contribution in [0.2, 0.25) is 0 Å². The first-order chi connectivity index (χ1) is 11.5. The Morgan fingerprint density at radius 3 is 2.29 bits per heavy atom. The summed E-state index contributed by atoms with van der Waals surface area (Å²) in [5, 5.41) is 14.8. The number of carboxylic acids is 1. The molecule has 0 aromatic heterocycles. The number of urea groups is 1. The first kappa shape index (κ1) is 18.3. The van der Waals surface area contributed by atoms with E-state index in [0.29, 0.717) is 5.25 Å². The van der Waals surface area contributed by atoms with Crippen LogP contribution in [0.15, 0.2) is 24.3 Å². The quantitative estimate of drug-likeness (QED) is 0.387. The molecule has 3 rings (SSSR count). The molecule has 2 heterocycles. The van der Waals surface area contributed by atoms with Crippen LogP contribution < -0.4 is 10.6 Å². The fourth-order valence-corrected chi connectivity index (χ4v) is 4.25. The average Bonchev–Trinajstić information content (AvgIpc) is 3.07. The van der Waals surface area contributed by atoms with E-state index in [2.05, 4.69) is 10.6 Å². The number of carbonyl (C=O) groups excluding carboxylic acids is 3. The molecule has 130 valence electrons. The summed E-state index contributed by atoms with van der Waals surface area (Å²) < 4.78 is 0. The van der Waals surface area contributed by atoms with Crippen LogP contribution in [-0.4, -0.2) is 51.8 Å². The Labute approximate surface area is 143 Å². The summed E-state index contributed by atoms with van der Waals surface area (Å²) in [5.74, 6) is -0.00510. The van der Waals surface area contributed by atoms with Gasteiger partial charge < -0.3 is 15.7 Å². The van der Waals surface area contributed by atoms with Gasteiger partial charge >= 0.3 is 12.0 Å². The maximum Gasteiger partial charge on any atom is 0.315 e. The smallest absolute Gasteiger partial charge is 0.315 e. The largest absolute Gasteiger partial charge is 0.481 e. The monoisotopic (exact) mass is 352 g/mol. The minimum Gasteiger partial charge on any atom is -0.481 e. The molecule has 8 heteroatoms. The third kappa shape index (κ3) is 5.52. The van der Waals surface area contributed by atoms with Gasteiger partial charge in [0.1, 0.15) is 0 Å². The van der Waals surface area contributed by atoms with Gasteiger partial charge in [-0.25, -0.2) is 4.79 Å². The summed E-state index contributed by atoms with van der Waals surface area (Å²) in [5.41, 5.74) is 0. The molecule has 0 spiro atoms. The van der Waals surface area contributed by atoms with Crippen molar-refractivity contribution in [1.29, 1.82) is 0 Å². The van der Waals surface area contributed by atoms with Gasteiger partial charge in [0.2, 0.25) is 0 Å². The predicted molar refractivity (Wildman–Crippen MR) is 89.9 cm³/mol. The number of amides is 2. The van der Waals surface area contributed by atoms with Gasteiger partial charge in [-0.3, -0.25) is 14.4 Å². The van der Waals surface area contributed by atoms with E-state index in [-0.39, 0.29) is 36.1 Å². The van der Waals surface area contributed by atoms with Crippen molar-refractivity contribution >= 4 is 35.3 Å². The van der Waals surface area contributed by atoms with Gasteiger partial charge in [-0.2, -0.15) is 11.8 Å². The second-order valence-corrected chi connectivity index (χ2v) is 7.00. The Hall–Kier alpha value is -2.09. The maximum atomic E-state index is 11.1. The van der Waals surface area contributed by atoms with Crippen molar-refractivity contribution < 1.29 is 24.3 Å². The number of nitrogens with one attached hydrogen (secondary N) is 2. The van der Waals surface area contributed by atoms with Crippen molar-refractivity contribution in [3.05, 3.63) is 24.3 Å². The SMILES string of the molecule is O=C(O)CCCC[C@@H]1SC[C@@H]2NC(=O)N[C@@H]21.O=C1C=CC(=O)C=C1. The van der Waals surface area contributed by atoms with Crippen LogP contribution in [0, 0.1) is 0 Å². The number of ketones is 2. The van der Waals surface area contributed by atoms with Gasteiger partial charge in [0.15, 0.2) is 11.6 Å². The van der Waals surface area contributed by atoms with Gasteiger partial charge in [-0.05, 0) is 37.1 Å². The number of rotatable bonds is 5. The number of hydrogen-bond acceptors (Lipinski definition) is 5. The molecule has 24 heavy (non-hydrogen) atoms. The third-order valence-electron chi connectivity index (χ3n) is 3.89. The molecule has 3 N–H and O–H groups in total. The van der Waals surface area contributed by atoms with Crippen molar-refractivity contribution in [1.82, 2.24) is 10.6 Å². The second kappa shape index (κ2) is 8.68. The average molecular weight is 352 g/mol. The zero-order valence-corrected chi connectivity index (χ0v) is 13.9. The lowest BCUT2D eigenvalue weighted by atomic mass is 10.0. The molecule has 2 fully saturated rings. The van der Waals surface area contributed by atoms with Crippen molar-refractivity contribution in [2.75, 3.05) is 5.75 Å². The lowest BCUT2D eigenvalue weighted by Crippen LogP contribution is -2.36. The van der Waals surface area contributed by atoms with E-state index in [1.807, 2.05) is 11.8 Å². The minimum atomic E-state index is -0.729. The normalized spacial score (nSPS) is 27.2. The molecule has 0 bridgehead atoms. The summed E-state index contributed by atoms with van der Waals surface area (Å²) in [7, 11) is 0. The molecule has 1 aliphatic carbocycles. The summed E-state index contributed by atoms with van der Waals surface area (Å²) >= 11 is 1.87. The molecule has 0 radical (unpaired) electrons. The number of allylic oxidation sites excluding steroid dienone is 4. The van der Waals surface area contributed by atoms with Crippen LogP contribution in [0.1, 0.15) is 25.7 Å². The Balaban J connectivity index is 0.000000219. The summed E-state index contributed by atoms with van der Waals surface area (Å²) in [6, 6.07) is 0.440. The molecular formula is C16H20N2O5S.